The van der Waals surface area contributed by atoms with Crippen molar-refractivity contribution in [3.05, 3.63) is 12.3 Å². The number of carbonyl (C=O) groups excluding carboxylic acids is 1. The van der Waals surface area contributed by atoms with Gasteiger partial charge in [0, 0.05) is 38.3 Å². The van der Waals surface area contributed by atoms with Crippen LogP contribution in [-0.4, -0.2) is 76.0 Å². The highest BCUT2D eigenvalue weighted by atomic mass is 16.3. The number of piperazine rings is 1. The van der Waals surface area contributed by atoms with Crippen molar-refractivity contribution in [2.75, 3.05) is 44.6 Å². The zero-order chi connectivity index (χ0) is 17.8. The molecule has 7 nitrogen and oxygen atoms in total. The summed E-state index contributed by atoms with van der Waals surface area (Å²) < 4.78 is 1.95. The molecule has 25 heavy (non-hydrogen) atoms. The smallest absolute Gasteiger partial charge is 0.239 e. The first-order chi connectivity index (χ1) is 12.1. The molecule has 1 aliphatic carbocycles. The van der Waals surface area contributed by atoms with Gasteiger partial charge < -0.3 is 10.4 Å². The summed E-state index contributed by atoms with van der Waals surface area (Å²) in [7, 11) is 0. The average Bonchev–Trinajstić information content (AvgIpc) is 3.37. The third-order valence-corrected chi connectivity index (χ3v) is 5.60. The molecule has 2 N–H and O–H groups in total. The molecule has 2 fully saturated rings. The number of anilines is 1. The van der Waals surface area contributed by atoms with Gasteiger partial charge in [-0.3, -0.25) is 14.6 Å². The molecule has 1 aliphatic heterocycles. The van der Waals surface area contributed by atoms with Gasteiger partial charge in [0.15, 0.2) is 0 Å². The van der Waals surface area contributed by atoms with Crippen LogP contribution in [-0.2, 0) is 4.79 Å². The molecule has 2 aliphatic rings. The second-order valence-electron chi connectivity index (χ2n) is 7.34. The molecule has 2 atom stereocenters. The predicted molar refractivity (Wildman–Crippen MR) is 97.5 cm³/mol. The third kappa shape index (κ3) is 4.59. The van der Waals surface area contributed by atoms with Gasteiger partial charge in [-0.25, -0.2) is 4.68 Å². The molecule has 1 amide bonds. The van der Waals surface area contributed by atoms with Crippen LogP contribution in [0.25, 0.3) is 0 Å². The number of carbonyl (C=O) groups is 1. The Bertz CT molecular complexity index is 560. The Hall–Kier alpha value is -1.44. The van der Waals surface area contributed by atoms with Gasteiger partial charge in [0.05, 0.1) is 25.4 Å². The quantitative estimate of drug-likeness (QED) is 0.737. The van der Waals surface area contributed by atoms with Gasteiger partial charge in [-0.15, -0.1) is 0 Å². The number of aliphatic hydroxyl groups excluding tert-OH is 1. The first-order valence-corrected chi connectivity index (χ1v) is 9.53. The minimum atomic E-state index is 0.0207. The SMILES string of the molecule is CCC(CO)N1CCN(CC(=O)Nc2ccnn2C(C)C2CC2)CC1. The number of rotatable bonds is 8. The summed E-state index contributed by atoms with van der Waals surface area (Å²) >= 11 is 0. The lowest BCUT2D eigenvalue weighted by atomic mass is 10.1. The van der Waals surface area contributed by atoms with E-state index in [-0.39, 0.29) is 18.6 Å². The molecule has 7 heteroatoms. The van der Waals surface area contributed by atoms with E-state index in [4.69, 9.17) is 0 Å². The van der Waals surface area contributed by atoms with Crippen LogP contribution in [0.15, 0.2) is 12.3 Å². The fourth-order valence-electron chi connectivity index (χ4n) is 3.69. The number of nitrogens with zero attached hydrogens (tertiary/aromatic N) is 4. The summed E-state index contributed by atoms with van der Waals surface area (Å²) in [6.07, 6.45) is 5.23. The molecule has 0 bridgehead atoms. The minimum absolute atomic E-state index is 0.0207. The Morgan fingerprint density at radius 2 is 2.08 bits per heavy atom. The van der Waals surface area contributed by atoms with E-state index in [1.165, 1.54) is 12.8 Å². The zero-order valence-corrected chi connectivity index (χ0v) is 15.4. The summed E-state index contributed by atoms with van der Waals surface area (Å²) in [5.41, 5.74) is 0. The molecule has 1 saturated heterocycles. The second kappa shape index (κ2) is 8.29. The predicted octanol–water partition coefficient (Wildman–Crippen LogP) is 1.18. The first kappa shape index (κ1) is 18.4. The van der Waals surface area contributed by atoms with Gasteiger partial charge in [-0.1, -0.05) is 6.92 Å². The summed E-state index contributed by atoms with van der Waals surface area (Å²) in [6, 6.07) is 2.47. The highest BCUT2D eigenvalue weighted by Crippen LogP contribution is 2.40. The van der Waals surface area contributed by atoms with Crippen LogP contribution < -0.4 is 5.32 Å². The number of hydrogen-bond donors (Lipinski definition) is 2. The molecule has 1 saturated carbocycles. The van der Waals surface area contributed by atoms with E-state index in [1.54, 1.807) is 6.20 Å². The Kier molecular flexibility index (Phi) is 6.09. The van der Waals surface area contributed by atoms with E-state index in [0.29, 0.717) is 18.5 Å². The van der Waals surface area contributed by atoms with Crippen molar-refractivity contribution in [1.82, 2.24) is 19.6 Å². The number of aromatic nitrogens is 2. The summed E-state index contributed by atoms with van der Waals surface area (Å²) in [5.74, 6) is 1.52. The van der Waals surface area contributed by atoms with E-state index in [0.717, 1.165) is 38.4 Å². The highest BCUT2D eigenvalue weighted by Gasteiger charge is 2.31. The number of nitrogens with one attached hydrogen (secondary N) is 1. The van der Waals surface area contributed by atoms with Crippen LogP contribution >= 0.6 is 0 Å². The topological polar surface area (TPSA) is 73.6 Å². The lowest BCUT2D eigenvalue weighted by molar-refractivity contribution is -0.117. The Morgan fingerprint density at radius 1 is 1.36 bits per heavy atom. The molecule has 2 unspecified atom stereocenters. The fourth-order valence-corrected chi connectivity index (χ4v) is 3.69. The van der Waals surface area contributed by atoms with Gasteiger partial charge in [-0.2, -0.15) is 5.10 Å². The summed E-state index contributed by atoms with van der Waals surface area (Å²) in [6.45, 7) is 8.43. The largest absolute Gasteiger partial charge is 0.395 e. The van der Waals surface area contributed by atoms with Crippen LogP contribution in [0.2, 0.25) is 0 Å². The molecular formula is C18H31N5O2. The fraction of sp³-hybridized carbons (Fsp3) is 0.778. The van der Waals surface area contributed by atoms with Crippen LogP contribution in [0.4, 0.5) is 5.82 Å². The average molecular weight is 349 g/mol. The van der Waals surface area contributed by atoms with Crippen LogP contribution in [0.3, 0.4) is 0 Å². The Labute approximate surface area is 150 Å². The molecule has 140 valence electrons. The van der Waals surface area contributed by atoms with E-state index >= 15 is 0 Å². The number of aliphatic hydroxyl groups is 1. The minimum Gasteiger partial charge on any atom is -0.395 e. The molecule has 1 aromatic rings. The van der Waals surface area contributed by atoms with Crippen molar-refractivity contribution in [3.63, 3.8) is 0 Å². The molecule has 2 heterocycles. The molecule has 0 spiro atoms. The van der Waals surface area contributed by atoms with E-state index in [1.807, 2.05) is 10.7 Å². The lowest BCUT2D eigenvalue weighted by Crippen LogP contribution is -2.52. The maximum absolute atomic E-state index is 12.4. The van der Waals surface area contributed by atoms with Crippen molar-refractivity contribution in [2.45, 2.75) is 45.2 Å². The molecule has 0 aromatic carbocycles. The molecular weight excluding hydrogens is 318 g/mol. The normalized spacial score (nSPS) is 21.9. The maximum atomic E-state index is 12.4. The van der Waals surface area contributed by atoms with Gasteiger partial charge in [0.2, 0.25) is 5.91 Å². The van der Waals surface area contributed by atoms with Crippen LogP contribution in [0.5, 0.6) is 0 Å². The van der Waals surface area contributed by atoms with Gasteiger partial charge in [0.1, 0.15) is 5.82 Å². The van der Waals surface area contributed by atoms with Crippen LogP contribution in [0, 0.1) is 5.92 Å². The van der Waals surface area contributed by atoms with E-state index < -0.39 is 0 Å². The van der Waals surface area contributed by atoms with Gasteiger partial charge in [0.25, 0.3) is 0 Å². The van der Waals surface area contributed by atoms with Crippen molar-refractivity contribution in [3.8, 4) is 0 Å². The maximum Gasteiger partial charge on any atom is 0.239 e. The van der Waals surface area contributed by atoms with Crippen LogP contribution in [0.1, 0.15) is 39.2 Å². The highest BCUT2D eigenvalue weighted by molar-refractivity contribution is 5.91. The lowest BCUT2D eigenvalue weighted by Gasteiger charge is -2.38. The summed E-state index contributed by atoms with van der Waals surface area (Å²) in [4.78, 5) is 16.9. The molecule has 3 rings (SSSR count). The third-order valence-electron chi connectivity index (χ3n) is 5.60. The number of hydrogen-bond acceptors (Lipinski definition) is 5. The zero-order valence-electron chi connectivity index (χ0n) is 15.4. The van der Waals surface area contributed by atoms with Gasteiger partial charge >= 0.3 is 0 Å². The van der Waals surface area contributed by atoms with Crippen molar-refractivity contribution in [2.24, 2.45) is 5.92 Å². The molecule has 0 radical (unpaired) electrons. The second-order valence-corrected chi connectivity index (χ2v) is 7.34. The Balaban J connectivity index is 1.47. The molecule has 1 aromatic heterocycles. The first-order valence-electron chi connectivity index (χ1n) is 9.53. The van der Waals surface area contributed by atoms with E-state index in [9.17, 15) is 9.90 Å². The monoisotopic (exact) mass is 349 g/mol. The van der Waals surface area contributed by atoms with Gasteiger partial charge in [-0.05, 0) is 32.1 Å². The van der Waals surface area contributed by atoms with E-state index in [2.05, 4.69) is 34.1 Å². The van der Waals surface area contributed by atoms with Crippen molar-refractivity contribution < 1.29 is 9.90 Å². The standard InChI is InChI=1S/C18H31N5O2/c1-3-16(13-24)22-10-8-21(9-11-22)12-18(25)20-17-6-7-19-23(17)14(2)15-4-5-15/h6-7,14-16,24H,3-5,8-13H2,1-2H3,(H,20,25). The summed E-state index contributed by atoms with van der Waals surface area (Å²) in [5, 5.41) is 16.8. The van der Waals surface area contributed by atoms with Crippen molar-refractivity contribution in [1.29, 1.82) is 0 Å². The Morgan fingerprint density at radius 3 is 2.68 bits per heavy atom. The number of amides is 1. The van der Waals surface area contributed by atoms with Crippen molar-refractivity contribution >= 4 is 11.7 Å².